The van der Waals surface area contributed by atoms with Gasteiger partial charge < -0.3 is 5.32 Å². The highest BCUT2D eigenvalue weighted by Crippen LogP contribution is 2.35. The Kier molecular flexibility index (Phi) is 2.75. The second kappa shape index (κ2) is 4.38. The van der Waals surface area contributed by atoms with Crippen LogP contribution in [-0.4, -0.2) is 17.6 Å². The van der Waals surface area contributed by atoms with E-state index in [9.17, 15) is 0 Å². The largest absolute Gasteiger partial charge is 0.310 e. The molecule has 2 heteroatoms. The lowest BCUT2D eigenvalue weighted by atomic mass is 9.77. The molecule has 3 rings (SSSR count). The van der Waals surface area contributed by atoms with Gasteiger partial charge in [0.1, 0.15) is 0 Å². The number of fused-ring (bicyclic) bond motifs is 1. The van der Waals surface area contributed by atoms with E-state index in [4.69, 9.17) is 0 Å². The van der Waals surface area contributed by atoms with Crippen molar-refractivity contribution in [2.24, 2.45) is 5.92 Å². The Morgan fingerprint density at radius 1 is 1.31 bits per heavy atom. The molecule has 2 heterocycles. The van der Waals surface area contributed by atoms with E-state index in [0.717, 1.165) is 5.92 Å². The average Bonchev–Trinajstić information content (AvgIpc) is 2.39. The van der Waals surface area contributed by atoms with Gasteiger partial charge in [0.2, 0.25) is 0 Å². The van der Waals surface area contributed by atoms with E-state index in [-0.39, 0.29) is 0 Å². The van der Waals surface area contributed by atoms with E-state index in [2.05, 4.69) is 22.4 Å². The van der Waals surface area contributed by atoms with Crippen molar-refractivity contribution in [3.05, 3.63) is 36.2 Å². The molecule has 0 bridgehead atoms. The van der Waals surface area contributed by atoms with Gasteiger partial charge in [0, 0.05) is 18.4 Å². The Labute approximate surface area is 96.8 Å². The third-order valence-corrected chi connectivity index (χ3v) is 3.82. The lowest BCUT2D eigenvalue weighted by molar-refractivity contribution is 0.304. The van der Waals surface area contributed by atoms with Gasteiger partial charge in [-0.15, -0.1) is 0 Å². The number of rotatable bonds is 1. The smallest absolute Gasteiger partial charge is 0.0352 e. The maximum absolute atomic E-state index is 4.23. The van der Waals surface area contributed by atoms with E-state index in [0.29, 0.717) is 6.04 Å². The summed E-state index contributed by atoms with van der Waals surface area (Å²) in [6, 6.07) is 4.78. The Balaban J connectivity index is 1.91. The molecule has 2 nitrogen and oxygen atoms in total. The maximum atomic E-state index is 4.23. The summed E-state index contributed by atoms with van der Waals surface area (Å²) in [5, 5.41) is 3.67. The van der Waals surface area contributed by atoms with Crippen LogP contribution in [0.15, 0.2) is 30.6 Å². The molecule has 2 unspecified atom stereocenters. The minimum Gasteiger partial charge on any atom is -0.310 e. The van der Waals surface area contributed by atoms with Gasteiger partial charge in [-0.3, -0.25) is 4.98 Å². The molecule has 1 aromatic heterocycles. The minimum atomic E-state index is 0.576. The van der Waals surface area contributed by atoms with Crippen LogP contribution in [0.4, 0.5) is 0 Å². The van der Waals surface area contributed by atoms with Crippen molar-refractivity contribution in [1.29, 1.82) is 0 Å². The van der Waals surface area contributed by atoms with Gasteiger partial charge >= 0.3 is 0 Å². The van der Waals surface area contributed by atoms with Crippen LogP contribution in [0, 0.1) is 5.92 Å². The van der Waals surface area contributed by atoms with Crippen LogP contribution in [-0.2, 0) is 0 Å². The molecule has 1 aliphatic carbocycles. The predicted molar refractivity (Wildman–Crippen MR) is 66.0 cm³/mol. The average molecular weight is 214 g/mol. The normalized spacial score (nSPS) is 29.4. The third kappa shape index (κ3) is 1.78. The number of hydrogen-bond acceptors (Lipinski definition) is 2. The predicted octanol–water partition coefficient (Wildman–Crippen LogP) is 2.63. The van der Waals surface area contributed by atoms with Crippen LogP contribution in [0.1, 0.15) is 31.2 Å². The molecule has 0 saturated carbocycles. The summed E-state index contributed by atoms with van der Waals surface area (Å²) in [5.74, 6) is 0.842. The van der Waals surface area contributed by atoms with Gasteiger partial charge in [-0.1, -0.05) is 12.1 Å². The van der Waals surface area contributed by atoms with Crippen LogP contribution in [0.2, 0.25) is 0 Å². The van der Waals surface area contributed by atoms with Gasteiger partial charge in [0.05, 0.1) is 0 Å². The SMILES string of the molecule is C1=C(c2cccnc2)C2NCCCC2CC1. The quantitative estimate of drug-likeness (QED) is 0.777. The van der Waals surface area contributed by atoms with Crippen LogP contribution < -0.4 is 5.32 Å². The van der Waals surface area contributed by atoms with E-state index >= 15 is 0 Å². The van der Waals surface area contributed by atoms with Crippen molar-refractivity contribution in [3.63, 3.8) is 0 Å². The fourth-order valence-corrected chi connectivity index (χ4v) is 3.04. The zero-order chi connectivity index (χ0) is 10.8. The number of nitrogens with one attached hydrogen (secondary N) is 1. The molecule has 1 aliphatic heterocycles. The van der Waals surface area contributed by atoms with Crippen molar-refractivity contribution in [2.45, 2.75) is 31.7 Å². The summed E-state index contributed by atoms with van der Waals surface area (Å²) in [6.45, 7) is 1.17. The summed E-state index contributed by atoms with van der Waals surface area (Å²) in [6.07, 6.45) is 11.5. The molecule has 84 valence electrons. The van der Waals surface area contributed by atoms with Gasteiger partial charge in [0.25, 0.3) is 0 Å². The summed E-state index contributed by atoms with van der Waals surface area (Å²) >= 11 is 0. The second-order valence-corrected chi connectivity index (χ2v) is 4.81. The molecule has 0 amide bonds. The number of hydrogen-bond donors (Lipinski definition) is 1. The van der Waals surface area contributed by atoms with E-state index in [1.807, 2.05) is 18.5 Å². The first-order valence-electron chi connectivity index (χ1n) is 6.29. The Morgan fingerprint density at radius 2 is 2.31 bits per heavy atom. The summed E-state index contributed by atoms with van der Waals surface area (Å²) in [7, 11) is 0. The van der Waals surface area contributed by atoms with Crippen LogP contribution in [0.3, 0.4) is 0 Å². The summed E-state index contributed by atoms with van der Waals surface area (Å²) < 4.78 is 0. The Morgan fingerprint density at radius 3 is 3.19 bits per heavy atom. The highest BCUT2D eigenvalue weighted by molar-refractivity contribution is 5.70. The van der Waals surface area contributed by atoms with Crippen molar-refractivity contribution >= 4 is 5.57 Å². The molecule has 2 atom stereocenters. The lowest BCUT2D eigenvalue weighted by Crippen LogP contribution is -2.43. The van der Waals surface area contributed by atoms with Gasteiger partial charge in [-0.2, -0.15) is 0 Å². The number of allylic oxidation sites excluding steroid dienone is 1. The third-order valence-electron chi connectivity index (χ3n) is 3.82. The van der Waals surface area contributed by atoms with Crippen molar-refractivity contribution in [1.82, 2.24) is 10.3 Å². The van der Waals surface area contributed by atoms with Crippen molar-refractivity contribution in [3.8, 4) is 0 Å². The molecule has 1 aromatic rings. The number of nitrogens with zero attached hydrogens (tertiary/aromatic N) is 1. The first-order valence-corrected chi connectivity index (χ1v) is 6.29. The van der Waals surface area contributed by atoms with E-state index < -0.39 is 0 Å². The number of aromatic nitrogens is 1. The number of pyridine rings is 1. The molecular formula is C14H18N2. The van der Waals surface area contributed by atoms with Crippen LogP contribution >= 0.6 is 0 Å². The molecule has 0 radical (unpaired) electrons. The Bertz CT molecular complexity index is 383. The highest BCUT2D eigenvalue weighted by Gasteiger charge is 2.30. The molecule has 0 spiro atoms. The van der Waals surface area contributed by atoms with Crippen LogP contribution in [0.25, 0.3) is 5.57 Å². The Hall–Kier alpha value is -1.15. The van der Waals surface area contributed by atoms with Crippen molar-refractivity contribution < 1.29 is 0 Å². The van der Waals surface area contributed by atoms with E-state index in [1.54, 1.807) is 0 Å². The van der Waals surface area contributed by atoms with Gasteiger partial charge in [0.15, 0.2) is 0 Å². The standard InChI is InChI=1S/C14H18N2/c1-4-11-5-3-9-16-14(11)13(7-1)12-6-2-8-15-10-12/h2,6-8,10-11,14,16H,1,3-5,9H2. The maximum Gasteiger partial charge on any atom is 0.0352 e. The zero-order valence-corrected chi connectivity index (χ0v) is 9.52. The first kappa shape index (κ1) is 10.0. The molecule has 1 N–H and O–H groups in total. The fourth-order valence-electron chi connectivity index (χ4n) is 3.04. The minimum absolute atomic E-state index is 0.576. The molecular weight excluding hydrogens is 196 g/mol. The second-order valence-electron chi connectivity index (χ2n) is 4.81. The topological polar surface area (TPSA) is 24.9 Å². The number of piperidine rings is 1. The van der Waals surface area contributed by atoms with E-state index in [1.165, 1.54) is 43.4 Å². The molecule has 0 aromatic carbocycles. The molecule has 1 saturated heterocycles. The van der Waals surface area contributed by atoms with Gasteiger partial charge in [-0.05, 0) is 55.3 Å². The fraction of sp³-hybridized carbons (Fsp3) is 0.500. The van der Waals surface area contributed by atoms with Crippen molar-refractivity contribution in [2.75, 3.05) is 6.54 Å². The lowest BCUT2D eigenvalue weighted by Gasteiger charge is -2.37. The van der Waals surface area contributed by atoms with Crippen LogP contribution in [0.5, 0.6) is 0 Å². The summed E-state index contributed by atoms with van der Waals surface area (Å²) in [5.41, 5.74) is 2.77. The van der Waals surface area contributed by atoms with Gasteiger partial charge in [-0.25, -0.2) is 0 Å². The summed E-state index contributed by atoms with van der Waals surface area (Å²) in [4.78, 5) is 4.23. The zero-order valence-electron chi connectivity index (χ0n) is 9.52. The highest BCUT2D eigenvalue weighted by atomic mass is 14.9. The first-order chi connectivity index (χ1) is 7.95. The molecule has 2 aliphatic rings. The monoisotopic (exact) mass is 214 g/mol. The molecule has 1 fully saturated rings. The molecule has 16 heavy (non-hydrogen) atoms.